The summed E-state index contributed by atoms with van der Waals surface area (Å²) in [5, 5.41) is 3.06. The number of carbonyl (C=O) groups is 2. The summed E-state index contributed by atoms with van der Waals surface area (Å²) in [6.07, 6.45) is 0.515. The first-order chi connectivity index (χ1) is 18.6. The van der Waals surface area contributed by atoms with Crippen LogP contribution in [0.4, 0.5) is 18.9 Å². The number of halogens is 6. The van der Waals surface area contributed by atoms with Crippen LogP contribution in [0.25, 0.3) is 0 Å². The lowest BCUT2D eigenvalue weighted by Crippen LogP contribution is -2.53. The Morgan fingerprint density at radius 1 is 1.02 bits per heavy atom. The topological polar surface area (TPSA) is 86.8 Å². The van der Waals surface area contributed by atoms with Gasteiger partial charge in [0, 0.05) is 28.2 Å². The van der Waals surface area contributed by atoms with Gasteiger partial charge in [0.2, 0.25) is 21.8 Å². The van der Waals surface area contributed by atoms with Gasteiger partial charge in [0.25, 0.3) is 0 Å². The third kappa shape index (κ3) is 8.18. The summed E-state index contributed by atoms with van der Waals surface area (Å²) < 4.78 is 66.1. The monoisotopic (exact) mass is 641 g/mol. The maximum absolute atomic E-state index is 13.7. The smallest absolute Gasteiger partial charge is 0.352 e. The molecule has 0 aromatic heterocycles. The lowest BCUT2D eigenvalue weighted by Gasteiger charge is -2.33. The van der Waals surface area contributed by atoms with Gasteiger partial charge < -0.3 is 10.2 Å². The molecule has 0 radical (unpaired) electrons. The molecule has 1 N–H and O–H groups in total. The second-order valence-electron chi connectivity index (χ2n) is 9.67. The molecule has 2 aromatic carbocycles. The molecule has 2 amide bonds. The molecule has 0 aliphatic heterocycles. The zero-order chi connectivity index (χ0) is 29.8. The zero-order valence-corrected chi connectivity index (χ0v) is 24.9. The summed E-state index contributed by atoms with van der Waals surface area (Å²) >= 11 is 18.7. The molecule has 14 heteroatoms. The molecule has 1 aliphatic rings. The number of sulfonamides is 1. The molecule has 0 spiro atoms. The van der Waals surface area contributed by atoms with Crippen molar-refractivity contribution in [3.05, 3.63) is 62.6 Å². The van der Waals surface area contributed by atoms with E-state index in [-0.39, 0.29) is 27.7 Å². The molecule has 0 unspecified atom stereocenters. The normalized spacial score (nSPS) is 15.4. The van der Waals surface area contributed by atoms with Gasteiger partial charge in [0.05, 0.1) is 22.5 Å². The highest BCUT2D eigenvalue weighted by Gasteiger charge is 2.35. The van der Waals surface area contributed by atoms with Crippen LogP contribution in [0.5, 0.6) is 0 Å². The second kappa shape index (κ2) is 13.2. The molecule has 1 fully saturated rings. The Bertz CT molecular complexity index is 1330. The van der Waals surface area contributed by atoms with Gasteiger partial charge in [-0.15, -0.1) is 0 Å². The average Bonchev–Trinajstić information content (AvgIpc) is 2.86. The highest BCUT2D eigenvalue weighted by molar-refractivity contribution is 7.92. The van der Waals surface area contributed by atoms with Gasteiger partial charge in [-0.05, 0) is 50.1 Å². The fourth-order valence-electron chi connectivity index (χ4n) is 4.48. The zero-order valence-electron chi connectivity index (χ0n) is 21.8. The summed E-state index contributed by atoms with van der Waals surface area (Å²) in [6, 6.07) is 5.70. The number of hydrogen-bond donors (Lipinski definition) is 1. The number of benzene rings is 2. The van der Waals surface area contributed by atoms with Crippen LogP contribution in [0.1, 0.15) is 50.2 Å². The van der Waals surface area contributed by atoms with Gasteiger partial charge in [0.15, 0.2) is 0 Å². The molecular formula is C26H29Cl3F3N3O4S. The van der Waals surface area contributed by atoms with E-state index in [1.165, 1.54) is 6.92 Å². The van der Waals surface area contributed by atoms with Gasteiger partial charge in [0.1, 0.15) is 12.6 Å². The first-order valence-corrected chi connectivity index (χ1v) is 15.4. The molecule has 1 saturated carbocycles. The predicted octanol–water partition coefficient (Wildman–Crippen LogP) is 6.30. The molecule has 1 atom stereocenters. The van der Waals surface area contributed by atoms with Crippen LogP contribution >= 0.6 is 34.8 Å². The van der Waals surface area contributed by atoms with Crippen molar-refractivity contribution in [1.82, 2.24) is 10.2 Å². The van der Waals surface area contributed by atoms with Gasteiger partial charge in [-0.2, -0.15) is 13.2 Å². The van der Waals surface area contributed by atoms with Crippen LogP contribution in [-0.2, 0) is 32.3 Å². The Balaban J connectivity index is 1.99. The van der Waals surface area contributed by atoms with E-state index in [9.17, 15) is 31.2 Å². The van der Waals surface area contributed by atoms with Gasteiger partial charge >= 0.3 is 6.18 Å². The van der Waals surface area contributed by atoms with Gasteiger partial charge in [-0.1, -0.05) is 60.1 Å². The Hall–Kier alpha value is -2.21. The van der Waals surface area contributed by atoms with Crippen LogP contribution < -0.4 is 9.62 Å². The molecule has 220 valence electrons. The SMILES string of the molecule is C[C@H](C(=O)NC1CCCCC1)N(Cc1c(Cl)cccc1Cl)C(=O)CN(c1cc(C(F)(F)F)ccc1Cl)S(C)(=O)=O. The fraction of sp³-hybridized carbons (Fsp3) is 0.462. The first-order valence-electron chi connectivity index (χ1n) is 12.5. The number of rotatable bonds is 9. The van der Waals surface area contributed by atoms with E-state index in [1.807, 2.05) is 0 Å². The van der Waals surface area contributed by atoms with Crippen molar-refractivity contribution in [3.63, 3.8) is 0 Å². The first kappa shape index (κ1) is 32.3. The number of nitrogens with one attached hydrogen (secondary N) is 1. The van der Waals surface area contributed by atoms with E-state index >= 15 is 0 Å². The van der Waals surface area contributed by atoms with E-state index in [0.717, 1.165) is 49.3 Å². The van der Waals surface area contributed by atoms with E-state index in [2.05, 4.69) is 5.32 Å². The van der Waals surface area contributed by atoms with Crippen molar-refractivity contribution >= 4 is 62.3 Å². The molecule has 2 aromatic rings. The van der Waals surface area contributed by atoms with Crippen molar-refractivity contribution in [2.24, 2.45) is 0 Å². The Labute approximate surface area is 246 Å². The molecule has 0 saturated heterocycles. The van der Waals surface area contributed by atoms with Crippen molar-refractivity contribution in [2.75, 3.05) is 17.1 Å². The van der Waals surface area contributed by atoms with Crippen molar-refractivity contribution in [1.29, 1.82) is 0 Å². The fourth-order valence-corrected chi connectivity index (χ4v) is 6.12. The number of amides is 2. The quantitative estimate of drug-likeness (QED) is 0.348. The standard InChI is InChI=1S/C26H29Cl3F3N3O4S/c1-16(25(37)33-18-7-4-3-5-8-18)34(14-19-20(27)9-6-10-21(19)28)24(36)15-35(40(2,38)39)23-13-17(26(30,31)32)11-12-22(23)29/h6,9-13,16,18H,3-5,7-8,14-15H2,1-2H3,(H,33,37)/t16-/m1/s1. The van der Waals surface area contributed by atoms with Crippen LogP contribution in [0.15, 0.2) is 36.4 Å². The Morgan fingerprint density at radius 3 is 2.17 bits per heavy atom. The summed E-state index contributed by atoms with van der Waals surface area (Å²) in [5.41, 5.74) is -1.35. The van der Waals surface area contributed by atoms with Gasteiger partial charge in [-0.25, -0.2) is 8.42 Å². The summed E-state index contributed by atoms with van der Waals surface area (Å²) in [4.78, 5) is 28.1. The number of alkyl halides is 3. The summed E-state index contributed by atoms with van der Waals surface area (Å²) in [7, 11) is -4.31. The molecule has 0 heterocycles. The Morgan fingerprint density at radius 2 is 1.62 bits per heavy atom. The van der Waals surface area contributed by atoms with Crippen LogP contribution in [0.3, 0.4) is 0 Å². The number of carbonyl (C=O) groups excluding carboxylic acids is 2. The minimum atomic E-state index is -4.79. The van der Waals surface area contributed by atoms with E-state index in [1.54, 1.807) is 18.2 Å². The van der Waals surface area contributed by atoms with E-state index in [4.69, 9.17) is 34.8 Å². The third-order valence-electron chi connectivity index (χ3n) is 6.73. The summed E-state index contributed by atoms with van der Waals surface area (Å²) in [6.45, 7) is 0.288. The highest BCUT2D eigenvalue weighted by atomic mass is 35.5. The Kier molecular flexibility index (Phi) is 10.6. The van der Waals surface area contributed by atoms with Crippen LogP contribution in [-0.4, -0.2) is 50.0 Å². The maximum Gasteiger partial charge on any atom is 0.416 e. The highest BCUT2D eigenvalue weighted by Crippen LogP contribution is 2.36. The van der Waals surface area contributed by atoms with Crippen LogP contribution in [0.2, 0.25) is 15.1 Å². The van der Waals surface area contributed by atoms with Crippen molar-refractivity contribution in [3.8, 4) is 0 Å². The number of anilines is 1. The lowest BCUT2D eigenvalue weighted by atomic mass is 9.95. The van der Waals surface area contributed by atoms with Crippen LogP contribution in [0, 0.1) is 0 Å². The molecule has 1 aliphatic carbocycles. The van der Waals surface area contributed by atoms with E-state index < -0.39 is 51.9 Å². The van der Waals surface area contributed by atoms with E-state index in [0.29, 0.717) is 22.0 Å². The van der Waals surface area contributed by atoms with Crippen molar-refractivity contribution in [2.45, 2.75) is 63.8 Å². The minimum Gasteiger partial charge on any atom is -0.352 e. The molecule has 0 bridgehead atoms. The molecule has 7 nitrogen and oxygen atoms in total. The largest absolute Gasteiger partial charge is 0.416 e. The lowest BCUT2D eigenvalue weighted by molar-refractivity contribution is -0.139. The average molecular weight is 643 g/mol. The number of nitrogens with zero attached hydrogens (tertiary/aromatic N) is 2. The predicted molar refractivity (Wildman–Crippen MR) is 150 cm³/mol. The summed E-state index contributed by atoms with van der Waals surface area (Å²) in [5.74, 6) is -1.34. The maximum atomic E-state index is 13.7. The second-order valence-corrected chi connectivity index (χ2v) is 12.8. The number of hydrogen-bond acceptors (Lipinski definition) is 4. The third-order valence-corrected chi connectivity index (χ3v) is 8.88. The van der Waals surface area contributed by atoms with Gasteiger partial charge in [-0.3, -0.25) is 13.9 Å². The molecule has 3 rings (SSSR count). The minimum absolute atomic E-state index is 0.0685. The van der Waals surface area contributed by atoms with Crippen molar-refractivity contribution < 1.29 is 31.2 Å². The molecular weight excluding hydrogens is 614 g/mol. The molecule has 40 heavy (non-hydrogen) atoms.